The molecule has 0 N–H and O–H groups in total. The lowest BCUT2D eigenvalue weighted by atomic mass is 9.74. The maximum Gasteiger partial charge on any atom is 0.0210 e. The first-order chi connectivity index (χ1) is 12.6. The molecule has 0 heterocycles. The van der Waals surface area contributed by atoms with Gasteiger partial charge >= 0.3 is 0 Å². The number of benzene rings is 2. The molecular formula is C27H32. The highest BCUT2D eigenvalue weighted by atomic mass is 14.4. The van der Waals surface area contributed by atoms with Crippen molar-refractivity contribution in [2.45, 2.75) is 71.6 Å². The Morgan fingerprint density at radius 1 is 0.815 bits per heavy atom. The van der Waals surface area contributed by atoms with Crippen LogP contribution in [0.15, 0.2) is 48.6 Å². The standard InChI is InChI=1S/C27H32/c1-17-14-22-21-13-12-20(26(2,3)4)15-19(21)16-23(22)24(18-10-8-9-11-18)25(17)27(5,6)7/h8-15,18H,16H2,1-7H3. The van der Waals surface area contributed by atoms with Crippen LogP contribution in [0, 0.1) is 6.92 Å². The second-order valence-corrected chi connectivity index (χ2v) is 10.4. The lowest BCUT2D eigenvalue weighted by molar-refractivity contribution is 0.577. The third-order valence-corrected chi connectivity index (χ3v) is 6.13. The van der Waals surface area contributed by atoms with Crippen molar-refractivity contribution in [3.63, 3.8) is 0 Å². The monoisotopic (exact) mass is 356 g/mol. The zero-order valence-electron chi connectivity index (χ0n) is 17.9. The molecule has 2 aliphatic carbocycles. The minimum absolute atomic E-state index is 0.143. The van der Waals surface area contributed by atoms with Crippen molar-refractivity contribution in [3.05, 3.63) is 82.0 Å². The molecule has 2 aromatic rings. The molecule has 27 heavy (non-hydrogen) atoms. The largest absolute Gasteiger partial charge is 0.0732 e. The molecule has 2 aromatic carbocycles. The van der Waals surface area contributed by atoms with Crippen LogP contribution in [0.2, 0.25) is 0 Å². The summed E-state index contributed by atoms with van der Waals surface area (Å²) in [6, 6.07) is 9.59. The lowest BCUT2D eigenvalue weighted by Gasteiger charge is -2.30. The number of allylic oxidation sites excluding steroid dienone is 4. The Morgan fingerprint density at radius 2 is 1.48 bits per heavy atom. The van der Waals surface area contributed by atoms with Crippen LogP contribution < -0.4 is 0 Å². The maximum absolute atomic E-state index is 2.45. The maximum atomic E-state index is 2.45. The quantitative estimate of drug-likeness (QED) is 0.427. The Balaban J connectivity index is 1.96. The summed E-state index contributed by atoms with van der Waals surface area (Å²) >= 11 is 0. The Labute approximate surface area is 165 Å². The highest BCUT2D eigenvalue weighted by Crippen LogP contribution is 2.47. The molecule has 0 fully saturated rings. The van der Waals surface area contributed by atoms with Gasteiger partial charge in [-0.2, -0.15) is 0 Å². The number of aryl methyl sites for hydroxylation is 1. The summed E-state index contributed by atoms with van der Waals surface area (Å²) < 4.78 is 0. The first-order valence-corrected chi connectivity index (χ1v) is 10.2. The molecule has 0 bridgehead atoms. The molecule has 4 rings (SSSR count). The molecule has 0 heteroatoms. The lowest BCUT2D eigenvalue weighted by Crippen LogP contribution is -2.19. The average molecular weight is 357 g/mol. The highest BCUT2D eigenvalue weighted by molar-refractivity contribution is 5.81. The number of fused-ring (bicyclic) bond motifs is 3. The van der Waals surface area contributed by atoms with Gasteiger partial charge in [0.1, 0.15) is 0 Å². The zero-order chi connectivity index (χ0) is 19.6. The van der Waals surface area contributed by atoms with E-state index in [0.717, 1.165) is 6.42 Å². The Bertz CT molecular complexity index is 957. The third-order valence-electron chi connectivity index (χ3n) is 6.13. The first-order valence-electron chi connectivity index (χ1n) is 10.2. The molecule has 2 aliphatic rings. The summed E-state index contributed by atoms with van der Waals surface area (Å²) in [5, 5.41) is 0. The molecule has 0 unspecified atom stereocenters. The van der Waals surface area contributed by atoms with Gasteiger partial charge in [0.15, 0.2) is 0 Å². The normalized spacial score (nSPS) is 16.1. The smallest absolute Gasteiger partial charge is 0.0210 e. The molecule has 0 amide bonds. The average Bonchev–Trinajstić information content (AvgIpc) is 3.18. The molecule has 0 aromatic heterocycles. The van der Waals surface area contributed by atoms with Gasteiger partial charge in [-0.25, -0.2) is 0 Å². The highest BCUT2D eigenvalue weighted by Gasteiger charge is 2.32. The van der Waals surface area contributed by atoms with Crippen molar-refractivity contribution in [1.29, 1.82) is 0 Å². The summed E-state index contributed by atoms with van der Waals surface area (Å²) in [4.78, 5) is 0. The van der Waals surface area contributed by atoms with Crippen LogP contribution in [-0.4, -0.2) is 0 Å². The van der Waals surface area contributed by atoms with Crippen LogP contribution in [0.25, 0.3) is 11.1 Å². The Hall–Kier alpha value is -2.08. The minimum atomic E-state index is 0.143. The van der Waals surface area contributed by atoms with Gasteiger partial charge in [0.25, 0.3) is 0 Å². The SMILES string of the molecule is Cc1cc2c(c(C3C=CC=C3)c1C(C)(C)C)Cc1cc(C(C)(C)C)ccc1-2. The summed E-state index contributed by atoms with van der Waals surface area (Å²) in [5.74, 6) is 0.407. The van der Waals surface area contributed by atoms with Crippen LogP contribution >= 0.6 is 0 Å². The van der Waals surface area contributed by atoms with Crippen LogP contribution in [0.3, 0.4) is 0 Å². The molecular weight excluding hydrogens is 324 g/mol. The topological polar surface area (TPSA) is 0 Å². The van der Waals surface area contributed by atoms with Crippen molar-refractivity contribution >= 4 is 0 Å². The number of rotatable bonds is 1. The fourth-order valence-corrected chi connectivity index (χ4v) is 4.96. The fourth-order valence-electron chi connectivity index (χ4n) is 4.96. The van der Waals surface area contributed by atoms with E-state index < -0.39 is 0 Å². The minimum Gasteiger partial charge on any atom is -0.0732 e. The molecule has 0 saturated carbocycles. The molecule has 140 valence electrons. The molecule has 0 saturated heterocycles. The molecule has 0 spiro atoms. The summed E-state index contributed by atoms with van der Waals surface area (Å²) in [6.07, 6.45) is 10.2. The van der Waals surface area contributed by atoms with E-state index in [0.29, 0.717) is 5.92 Å². The van der Waals surface area contributed by atoms with E-state index in [4.69, 9.17) is 0 Å². The van der Waals surface area contributed by atoms with Crippen LogP contribution in [0.4, 0.5) is 0 Å². The van der Waals surface area contributed by atoms with E-state index in [1.54, 1.807) is 11.1 Å². The second kappa shape index (κ2) is 5.96. The molecule has 0 radical (unpaired) electrons. The Morgan fingerprint density at radius 3 is 2.07 bits per heavy atom. The van der Waals surface area contributed by atoms with Crippen molar-refractivity contribution in [3.8, 4) is 11.1 Å². The summed E-state index contributed by atoms with van der Waals surface area (Å²) in [5.41, 5.74) is 12.2. The Kier molecular flexibility index (Phi) is 4.04. The second-order valence-electron chi connectivity index (χ2n) is 10.4. The van der Waals surface area contributed by atoms with Crippen molar-refractivity contribution in [2.24, 2.45) is 0 Å². The van der Waals surface area contributed by atoms with Crippen molar-refractivity contribution in [1.82, 2.24) is 0 Å². The van der Waals surface area contributed by atoms with Gasteiger partial charge in [-0.1, -0.05) is 90.1 Å². The van der Waals surface area contributed by atoms with Gasteiger partial charge in [-0.05, 0) is 68.7 Å². The predicted octanol–water partition coefficient (Wildman–Crippen LogP) is 7.37. The van der Waals surface area contributed by atoms with E-state index >= 15 is 0 Å². The first kappa shape index (κ1) is 18.3. The third kappa shape index (κ3) is 3.00. The van der Waals surface area contributed by atoms with Crippen molar-refractivity contribution in [2.75, 3.05) is 0 Å². The summed E-state index contributed by atoms with van der Waals surface area (Å²) in [6.45, 7) is 16.3. The molecule has 0 aliphatic heterocycles. The van der Waals surface area contributed by atoms with Crippen LogP contribution in [0.1, 0.15) is 80.8 Å². The fraction of sp³-hybridized carbons (Fsp3) is 0.407. The van der Waals surface area contributed by atoms with E-state index in [1.165, 1.54) is 33.4 Å². The van der Waals surface area contributed by atoms with Crippen molar-refractivity contribution < 1.29 is 0 Å². The van der Waals surface area contributed by atoms with Crippen LogP contribution in [-0.2, 0) is 17.3 Å². The van der Waals surface area contributed by atoms with E-state index in [2.05, 4.69) is 97.0 Å². The van der Waals surface area contributed by atoms with E-state index in [9.17, 15) is 0 Å². The van der Waals surface area contributed by atoms with Gasteiger partial charge in [0.05, 0.1) is 0 Å². The van der Waals surface area contributed by atoms with Crippen LogP contribution in [0.5, 0.6) is 0 Å². The predicted molar refractivity (Wildman–Crippen MR) is 118 cm³/mol. The number of hydrogen-bond acceptors (Lipinski definition) is 0. The van der Waals surface area contributed by atoms with Gasteiger partial charge in [-0.3, -0.25) is 0 Å². The van der Waals surface area contributed by atoms with Gasteiger partial charge in [0, 0.05) is 5.92 Å². The van der Waals surface area contributed by atoms with E-state index in [-0.39, 0.29) is 10.8 Å². The van der Waals surface area contributed by atoms with Gasteiger partial charge < -0.3 is 0 Å². The molecule has 0 nitrogen and oxygen atoms in total. The zero-order valence-corrected chi connectivity index (χ0v) is 17.9. The van der Waals surface area contributed by atoms with Gasteiger partial charge in [-0.15, -0.1) is 0 Å². The van der Waals surface area contributed by atoms with E-state index in [1.807, 2.05) is 0 Å². The summed E-state index contributed by atoms with van der Waals surface area (Å²) in [7, 11) is 0. The van der Waals surface area contributed by atoms with Gasteiger partial charge in [0.2, 0.25) is 0 Å². The number of hydrogen-bond donors (Lipinski definition) is 0. The molecule has 0 atom stereocenters.